The number of amides is 1. The monoisotopic (exact) mass is 435 g/mol. The summed E-state index contributed by atoms with van der Waals surface area (Å²) in [4.78, 5) is 17.6. The Morgan fingerprint density at radius 2 is 1.93 bits per heavy atom. The number of fused-ring (bicyclic) bond motifs is 1. The Balaban J connectivity index is 1.39. The highest BCUT2D eigenvalue weighted by Gasteiger charge is 2.12. The van der Waals surface area contributed by atoms with Crippen molar-refractivity contribution in [3.05, 3.63) is 70.0 Å². The molecule has 4 aromatic rings. The molecule has 0 spiro atoms. The van der Waals surface area contributed by atoms with E-state index in [1.54, 1.807) is 23.5 Å². The average Bonchev–Trinajstić information content (AvgIpc) is 3.23. The number of nitrogens with zero attached hydrogens (tertiary/aromatic N) is 2. The summed E-state index contributed by atoms with van der Waals surface area (Å²) in [6, 6.07) is 9.43. The summed E-state index contributed by atoms with van der Waals surface area (Å²) < 4.78 is 20.5. The van der Waals surface area contributed by atoms with Crippen molar-refractivity contribution in [2.75, 3.05) is 11.9 Å². The fraction of sp³-hybridized carbons (Fsp3) is 0.0526. The Morgan fingerprint density at radius 1 is 1.21 bits per heavy atom. The quantitative estimate of drug-likeness (QED) is 0.448. The molecule has 9 heteroatoms. The minimum atomic E-state index is -0.579. The summed E-state index contributed by atoms with van der Waals surface area (Å²) in [5, 5.41) is 4.69. The standard InChI is InChI=1S/C19H12Cl2FN3O2S/c20-14-7-12(22)8-15(21)18(14)27-10-17(26)23-13-3-1-11(2-4-13)16-9-25-5-6-28-19(25)24-16/h1-9H,10H2,(H,23,26). The lowest BCUT2D eigenvalue weighted by Gasteiger charge is -2.10. The van der Waals surface area contributed by atoms with Crippen molar-refractivity contribution in [1.29, 1.82) is 0 Å². The van der Waals surface area contributed by atoms with E-state index in [0.717, 1.165) is 28.4 Å². The molecule has 142 valence electrons. The molecule has 1 N–H and O–H groups in total. The summed E-state index contributed by atoms with van der Waals surface area (Å²) >= 11 is 13.3. The fourth-order valence-corrected chi connectivity index (χ4v) is 3.86. The van der Waals surface area contributed by atoms with Crippen LogP contribution in [0.3, 0.4) is 0 Å². The van der Waals surface area contributed by atoms with Crippen LogP contribution in [0.5, 0.6) is 5.75 Å². The van der Waals surface area contributed by atoms with Crippen molar-refractivity contribution in [2.45, 2.75) is 0 Å². The zero-order valence-corrected chi connectivity index (χ0v) is 16.5. The first-order chi connectivity index (χ1) is 13.5. The molecule has 0 fully saturated rings. The van der Waals surface area contributed by atoms with Gasteiger partial charge in [0.15, 0.2) is 17.3 Å². The largest absolute Gasteiger partial charge is 0.481 e. The molecule has 28 heavy (non-hydrogen) atoms. The van der Waals surface area contributed by atoms with Gasteiger partial charge in [0.1, 0.15) is 5.82 Å². The van der Waals surface area contributed by atoms with E-state index < -0.39 is 11.7 Å². The molecule has 4 rings (SSSR count). The number of hydrogen-bond acceptors (Lipinski definition) is 4. The van der Waals surface area contributed by atoms with Crippen molar-refractivity contribution < 1.29 is 13.9 Å². The third-order valence-corrected chi connectivity index (χ3v) is 5.20. The van der Waals surface area contributed by atoms with Gasteiger partial charge in [0.2, 0.25) is 0 Å². The Bertz CT molecular complexity index is 1110. The van der Waals surface area contributed by atoms with Crippen molar-refractivity contribution >= 4 is 51.1 Å². The third kappa shape index (κ3) is 3.96. The molecule has 2 heterocycles. The molecule has 0 bridgehead atoms. The van der Waals surface area contributed by atoms with E-state index in [2.05, 4.69) is 10.3 Å². The number of anilines is 1. The minimum Gasteiger partial charge on any atom is -0.481 e. The number of benzene rings is 2. The summed E-state index contributed by atoms with van der Waals surface area (Å²) in [7, 11) is 0. The van der Waals surface area contributed by atoms with Crippen LogP contribution in [0.2, 0.25) is 10.0 Å². The van der Waals surface area contributed by atoms with E-state index in [0.29, 0.717) is 5.69 Å². The molecule has 5 nitrogen and oxygen atoms in total. The highest BCUT2D eigenvalue weighted by atomic mass is 35.5. The maximum absolute atomic E-state index is 13.2. The number of halogens is 3. The van der Waals surface area contributed by atoms with Crippen LogP contribution in [0, 0.1) is 5.82 Å². The molecular formula is C19H12Cl2FN3O2S. The van der Waals surface area contributed by atoms with Gasteiger partial charge in [0, 0.05) is 29.0 Å². The van der Waals surface area contributed by atoms with E-state index in [1.807, 2.05) is 34.3 Å². The third-order valence-electron chi connectivity index (χ3n) is 3.87. The minimum absolute atomic E-state index is 0.00197. The predicted octanol–water partition coefficient (Wildman–Crippen LogP) is 5.53. The molecule has 0 saturated heterocycles. The Labute approximate surface area is 173 Å². The molecule has 0 aliphatic rings. The second-order valence-corrected chi connectivity index (χ2v) is 7.52. The molecule has 2 aromatic heterocycles. The Hall–Kier alpha value is -2.61. The first-order valence-corrected chi connectivity index (χ1v) is 9.73. The molecule has 0 unspecified atom stereocenters. The number of rotatable bonds is 5. The second kappa shape index (κ2) is 7.79. The molecule has 0 aliphatic carbocycles. The molecular weight excluding hydrogens is 424 g/mol. The Kier molecular flexibility index (Phi) is 5.21. The van der Waals surface area contributed by atoms with Crippen LogP contribution >= 0.6 is 34.5 Å². The van der Waals surface area contributed by atoms with E-state index in [-0.39, 0.29) is 22.4 Å². The van der Waals surface area contributed by atoms with Crippen LogP contribution in [0.15, 0.2) is 54.2 Å². The van der Waals surface area contributed by atoms with Crippen LogP contribution in [0.1, 0.15) is 0 Å². The smallest absolute Gasteiger partial charge is 0.262 e. The molecule has 0 aliphatic heterocycles. The Morgan fingerprint density at radius 3 is 2.61 bits per heavy atom. The van der Waals surface area contributed by atoms with Crippen molar-refractivity contribution in [3.63, 3.8) is 0 Å². The molecule has 0 radical (unpaired) electrons. The maximum Gasteiger partial charge on any atom is 0.262 e. The maximum atomic E-state index is 13.2. The van der Waals surface area contributed by atoms with E-state index in [4.69, 9.17) is 27.9 Å². The number of hydrogen-bond donors (Lipinski definition) is 1. The van der Waals surface area contributed by atoms with Crippen molar-refractivity contribution in [3.8, 4) is 17.0 Å². The van der Waals surface area contributed by atoms with Crippen LogP contribution in [-0.4, -0.2) is 21.9 Å². The van der Waals surface area contributed by atoms with Gasteiger partial charge in [-0.05, 0) is 24.3 Å². The summed E-state index contributed by atoms with van der Waals surface area (Å²) in [6.07, 6.45) is 3.90. The number of carbonyl (C=O) groups is 1. The number of carbonyl (C=O) groups excluding carboxylic acids is 1. The van der Waals surface area contributed by atoms with Crippen molar-refractivity contribution in [2.24, 2.45) is 0 Å². The zero-order chi connectivity index (χ0) is 19.7. The summed E-state index contributed by atoms with van der Waals surface area (Å²) in [5.41, 5.74) is 2.40. The fourth-order valence-electron chi connectivity index (χ4n) is 2.59. The predicted molar refractivity (Wildman–Crippen MR) is 109 cm³/mol. The second-order valence-electron chi connectivity index (χ2n) is 5.83. The number of ether oxygens (including phenoxy) is 1. The molecule has 1 amide bonds. The van der Waals surface area contributed by atoms with Gasteiger partial charge >= 0.3 is 0 Å². The SMILES string of the molecule is O=C(COc1c(Cl)cc(F)cc1Cl)Nc1ccc(-c2cn3ccsc3n2)cc1. The highest BCUT2D eigenvalue weighted by molar-refractivity contribution is 7.15. The van der Waals surface area contributed by atoms with Gasteiger partial charge < -0.3 is 10.1 Å². The van der Waals surface area contributed by atoms with Gasteiger partial charge in [-0.1, -0.05) is 35.3 Å². The van der Waals surface area contributed by atoms with Crippen LogP contribution in [0.4, 0.5) is 10.1 Å². The van der Waals surface area contributed by atoms with Crippen molar-refractivity contribution in [1.82, 2.24) is 9.38 Å². The number of nitrogens with one attached hydrogen (secondary N) is 1. The van der Waals surface area contributed by atoms with Gasteiger partial charge in [0.05, 0.1) is 15.7 Å². The highest BCUT2D eigenvalue weighted by Crippen LogP contribution is 2.33. The topological polar surface area (TPSA) is 55.6 Å². The summed E-state index contributed by atoms with van der Waals surface area (Å²) in [6.45, 7) is -0.315. The number of thiazole rings is 1. The van der Waals surface area contributed by atoms with Crippen LogP contribution in [-0.2, 0) is 4.79 Å². The normalized spacial score (nSPS) is 11.0. The molecule has 0 atom stereocenters. The molecule has 0 saturated carbocycles. The lowest BCUT2D eigenvalue weighted by Crippen LogP contribution is -2.20. The number of imidazole rings is 1. The van der Waals surface area contributed by atoms with Gasteiger partial charge in [-0.25, -0.2) is 9.37 Å². The number of aromatic nitrogens is 2. The molecule has 2 aromatic carbocycles. The van der Waals surface area contributed by atoms with E-state index in [1.165, 1.54) is 0 Å². The first kappa shape index (κ1) is 18.7. The van der Waals surface area contributed by atoms with Crippen LogP contribution < -0.4 is 10.1 Å². The average molecular weight is 436 g/mol. The van der Waals surface area contributed by atoms with Gasteiger partial charge in [-0.15, -0.1) is 11.3 Å². The lowest BCUT2D eigenvalue weighted by atomic mass is 10.1. The first-order valence-electron chi connectivity index (χ1n) is 8.09. The van der Waals surface area contributed by atoms with Gasteiger partial charge in [-0.2, -0.15) is 0 Å². The van der Waals surface area contributed by atoms with E-state index >= 15 is 0 Å². The zero-order valence-electron chi connectivity index (χ0n) is 14.2. The van der Waals surface area contributed by atoms with Gasteiger partial charge in [-0.3, -0.25) is 9.20 Å². The van der Waals surface area contributed by atoms with E-state index in [9.17, 15) is 9.18 Å². The van der Waals surface area contributed by atoms with Gasteiger partial charge in [0.25, 0.3) is 5.91 Å². The summed E-state index contributed by atoms with van der Waals surface area (Å²) in [5.74, 6) is -0.911. The lowest BCUT2D eigenvalue weighted by molar-refractivity contribution is -0.118. The van der Waals surface area contributed by atoms with Crippen LogP contribution in [0.25, 0.3) is 16.2 Å².